The highest BCUT2D eigenvalue weighted by Gasteiger charge is 2.07. The predicted molar refractivity (Wildman–Crippen MR) is 112 cm³/mol. The molecular weight excluding hydrogens is 363 g/mol. The van der Waals surface area contributed by atoms with Gasteiger partial charge in [-0.25, -0.2) is 14.4 Å². The highest BCUT2D eigenvalue weighted by molar-refractivity contribution is 6.31. The highest BCUT2D eigenvalue weighted by Crippen LogP contribution is 2.24. The molecule has 1 aromatic heterocycles. The van der Waals surface area contributed by atoms with Crippen molar-refractivity contribution in [3.8, 4) is 0 Å². The number of halogens is 2. The van der Waals surface area contributed by atoms with E-state index in [2.05, 4.69) is 34.3 Å². The molecule has 0 aliphatic rings. The summed E-state index contributed by atoms with van der Waals surface area (Å²) in [6.07, 6.45) is 4.69. The lowest BCUT2D eigenvalue weighted by Gasteiger charge is -2.12. The Morgan fingerprint density at radius 1 is 1.07 bits per heavy atom. The zero-order valence-corrected chi connectivity index (χ0v) is 16.2. The number of nitrogens with one attached hydrogen (secondary N) is 1. The first-order chi connectivity index (χ1) is 13.0. The highest BCUT2D eigenvalue weighted by atomic mass is 35.5. The Kier molecular flexibility index (Phi) is 6.37. The molecule has 0 fully saturated rings. The minimum atomic E-state index is -0.257. The van der Waals surface area contributed by atoms with E-state index in [-0.39, 0.29) is 5.82 Å². The molecule has 0 unspecified atom stereocenters. The van der Waals surface area contributed by atoms with Crippen molar-refractivity contribution >= 4 is 40.5 Å². The van der Waals surface area contributed by atoms with E-state index in [1.807, 2.05) is 30.4 Å². The van der Waals surface area contributed by atoms with Gasteiger partial charge in [-0.1, -0.05) is 29.8 Å². The van der Waals surface area contributed by atoms with Crippen LogP contribution in [0.4, 0.5) is 10.2 Å². The van der Waals surface area contributed by atoms with Gasteiger partial charge in [0.1, 0.15) is 11.6 Å². The van der Waals surface area contributed by atoms with Crippen LogP contribution in [0.2, 0.25) is 5.02 Å². The van der Waals surface area contributed by atoms with Crippen LogP contribution in [0.15, 0.2) is 42.5 Å². The summed E-state index contributed by atoms with van der Waals surface area (Å²) < 4.78 is 13.0. The van der Waals surface area contributed by atoms with Crippen LogP contribution in [0.5, 0.6) is 0 Å². The summed E-state index contributed by atoms with van der Waals surface area (Å²) in [7, 11) is 4.11. The minimum absolute atomic E-state index is 0.257. The maximum Gasteiger partial charge on any atom is 0.154 e. The second kappa shape index (κ2) is 8.93. The average molecular weight is 385 g/mol. The smallest absolute Gasteiger partial charge is 0.154 e. The summed E-state index contributed by atoms with van der Waals surface area (Å²) >= 11 is 6.13. The molecule has 0 aliphatic heterocycles. The zero-order chi connectivity index (χ0) is 19.2. The third-order valence-electron chi connectivity index (χ3n) is 4.05. The van der Waals surface area contributed by atoms with Crippen molar-refractivity contribution in [1.29, 1.82) is 0 Å². The lowest BCUT2D eigenvalue weighted by molar-refractivity contribution is 0.405. The number of anilines is 1. The first kappa shape index (κ1) is 19.3. The molecule has 1 heterocycles. The molecule has 1 N–H and O–H groups in total. The fraction of sp³-hybridized carbons (Fsp3) is 0.238. The lowest BCUT2D eigenvalue weighted by Crippen LogP contribution is -2.17. The van der Waals surface area contributed by atoms with Crippen LogP contribution in [0.25, 0.3) is 23.1 Å². The molecule has 6 heteroatoms. The van der Waals surface area contributed by atoms with E-state index in [9.17, 15) is 4.39 Å². The van der Waals surface area contributed by atoms with E-state index in [1.54, 1.807) is 12.1 Å². The van der Waals surface area contributed by atoms with E-state index in [1.165, 1.54) is 12.1 Å². The van der Waals surface area contributed by atoms with Crippen molar-refractivity contribution in [3.63, 3.8) is 0 Å². The molecule has 0 radical (unpaired) electrons. The van der Waals surface area contributed by atoms with Gasteiger partial charge in [-0.3, -0.25) is 0 Å². The largest absolute Gasteiger partial charge is 0.369 e. The fourth-order valence-electron chi connectivity index (χ4n) is 2.68. The predicted octanol–water partition coefficient (Wildman–Crippen LogP) is 4.96. The number of aromatic nitrogens is 2. The van der Waals surface area contributed by atoms with Crippen molar-refractivity contribution in [3.05, 3.63) is 64.7 Å². The van der Waals surface area contributed by atoms with Crippen LogP contribution in [-0.4, -0.2) is 42.1 Å². The van der Waals surface area contributed by atoms with E-state index in [0.717, 1.165) is 41.8 Å². The van der Waals surface area contributed by atoms with Gasteiger partial charge in [0.25, 0.3) is 0 Å². The molecule has 140 valence electrons. The molecule has 3 rings (SSSR count). The lowest BCUT2D eigenvalue weighted by atomic mass is 10.2. The third kappa shape index (κ3) is 5.49. The van der Waals surface area contributed by atoms with E-state index in [4.69, 9.17) is 11.6 Å². The Hall–Kier alpha value is -2.50. The zero-order valence-electron chi connectivity index (χ0n) is 15.4. The average Bonchev–Trinajstić information content (AvgIpc) is 2.64. The van der Waals surface area contributed by atoms with Crippen molar-refractivity contribution in [2.45, 2.75) is 6.42 Å². The number of nitrogens with zero attached hydrogens (tertiary/aromatic N) is 3. The Morgan fingerprint density at radius 3 is 2.59 bits per heavy atom. The topological polar surface area (TPSA) is 41.0 Å². The Bertz CT molecular complexity index is 939. The summed E-state index contributed by atoms with van der Waals surface area (Å²) in [5.74, 6) is 1.10. The SMILES string of the molecule is CN(C)CCCNc1nc(C=Cc2ccc(F)cc2)nc2cc(Cl)ccc12. The van der Waals surface area contributed by atoms with Crippen LogP contribution >= 0.6 is 11.6 Å². The number of fused-ring (bicyclic) bond motifs is 1. The second-order valence-electron chi connectivity index (χ2n) is 6.56. The molecule has 0 spiro atoms. The fourth-order valence-corrected chi connectivity index (χ4v) is 2.84. The number of rotatable bonds is 7. The summed E-state index contributed by atoms with van der Waals surface area (Å²) in [5, 5.41) is 4.97. The molecule has 0 atom stereocenters. The molecule has 0 saturated carbocycles. The Labute approximate surface area is 163 Å². The summed E-state index contributed by atoms with van der Waals surface area (Å²) in [6.45, 7) is 1.81. The Morgan fingerprint density at radius 2 is 1.85 bits per heavy atom. The van der Waals surface area contributed by atoms with Crippen LogP contribution in [-0.2, 0) is 0 Å². The molecule has 0 bridgehead atoms. The molecule has 3 aromatic rings. The summed E-state index contributed by atoms with van der Waals surface area (Å²) in [5.41, 5.74) is 1.66. The number of hydrogen-bond donors (Lipinski definition) is 1. The van der Waals surface area contributed by atoms with Gasteiger partial charge in [-0.05, 0) is 69.0 Å². The van der Waals surface area contributed by atoms with Crippen molar-refractivity contribution in [2.24, 2.45) is 0 Å². The van der Waals surface area contributed by atoms with E-state index < -0.39 is 0 Å². The molecule has 27 heavy (non-hydrogen) atoms. The van der Waals surface area contributed by atoms with Crippen molar-refractivity contribution < 1.29 is 4.39 Å². The van der Waals surface area contributed by atoms with Crippen LogP contribution in [0, 0.1) is 5.82 Å². The van der Waals surface area contributed by atoms with E-state index >= 15 is 0 Å². The van der Waals surface area contributed by atoms with Crippen molar-refractivity contribution in [2.75, 3.05) is 32.5 Å². The van der Waals surface area contributed by atoms with Gasteiger partial charge in [0.05, 0.1) is 5.52 Å². The number of hydrogen-bond acceptors (Lipinski definition) is 4. The van der Waals surface area contributed by atoms with Crippen LogP contribution in [0.3, 0.4) is 0 Å². The third-order valence-corrected chi connectivity index (χ3v) is 4.28. The normalized spacial score (nSPS) is 11.6. The van der Waals surface area contributed by atoms with Crippen LogP contribution in [0.1, 0.15) is 17.8 Å². The summed E-state index contributed by atoms with van der Waals surface area (Å²) in [4.78, 5) is 11.4. The monoisotopic (exact) mass is 384 g/mol. The molecule has 0 saturated heterocycles. The maximum absolute atomic E-state index is 13.0. The van der Waals surface area contributed by atoms with Crippen molar-refractivity contribution in [1.82, 2.24) is 14.9 Å². The Balaban J connectivity index is 1.87. The van der Waals surface area contributed by atoms with Crippen LogP contribution < -0.4 is 5.32 Å². The quantitative estimate of drug-likeness (QED) is 0.585. The maximum atomic E-state index is 13.0. The molecule has 0 amide bonds. The second-order valence-corrected chi connectivity index (χ2v) is 7.00. The number of benzene rings is 2. The first-order valence-corrected chi connectivity index (χ1v) is 9.18. The van der Waals surface area contributed by atoms with Gasteiger partial charge >= 0.3 is 0 Å². The first-order valence-electron chi connectivity index (χ1n) is 8.81. The van der Waals surface area contributed by atoms with Gasteiger partial charge in [0.2, 0.25) is 0 Å². The van der Waals surface area contributed by atoms with Gasteiger partial charge in [-0.15, -0.1) is 0 Å². The van der Waals surface area contributed by atoms with Gasteiger partial charge in [-0.2, -0.15) is 0 Å². The molecule has 4 nitrogen and oxygen atoms in total. The van der Waals surface area contributed by atoms with Gasteiger partial charge < -0.3 is 10.2 Å². The standard InChI is InChI=1S/C21H22ClFN4/c1-27(2)13-3-12-24-21-18-10-7-16(22)14-19(18)25-20(26-21)11-6-15-4-8-17(23)9-5-15/h4-11,14H,3,12-13H2,1-2H3,(H,24,25,26). The minimum Gasteiger partial charge on any atom is -0.369 e. The van der Waals surface area contributed by atoms with E-state index in [0.29, 0.717) is 10.8 Å². The van der Waals surface area contributed by atoms with Gasteiger partial charge in [0.15, 0.2) is 5.82 Å². The molecule has 2 aromatic carbocycles. The van der Waals surface area contributed by atoms with Gasteiger partial charge in [0, 0.05) is 17.0 Å². The summed E-state index contributed by atoms with van der Waals surface area (Å²) in [6, 6.07) is 11.9. The molecule has 0 aliphatic carbocycles. The molecular formula is C21H22ClFN4.